The van der Waals surface area contributed by atoms with Crippen LogP contribution in [0.1, 0.15) is 23.1 Å². The number of rotatable bonds is 3. The number of H-pyrrole nitrogens is 1. The maximum Gasteiger partial charge on any atom is 0.240 e. The molecule has 0 aliphatic carbocycles. The van der Waals surface area contributed by atoms with Crippen molar-refractivity contribution in [1.29, 1.82) is 0 Å². The highest BCUT2D eigenvalue weighted by atomic mass is 16.3. The highest BCUT2D eigenvalue weighted by molar-refractivity contribution is 6.05. The number of carbonyl (C=O) groups excluding carboxylic acids is 1. The maximum atomic E-state index is 12.7. The highest BCUT2D eigenvalue weighted by Gasteiger charge is 2.51. The number of benzene rings is 2. The van der Waals surface area contributed by atoms with Gasteiger partial charge < -0.3 is 5.11 Å². The number of aromatic nitrogens is 3. The number of phenolic OH excluding ortho intramolecular Hbond substituents is 1. The Balaban J connectivity index is 1.80. The Morgan fingerprint density at radius 2 is 1.78 bits per heavy atom. The average Bonchev–Trinajstić information content (AvgIpc) is 3.09. The molecule has 4 rings (SSSR count). The Labute approximate surface area is 132 Å². The number of nitrogens with one attached hydrogen (secondary N) is 1. The SMILES string of the molecule is O=C1C(c2ccccc2O)C(c2ccccc2)N1c1ncn[nH]1. The molecule has 2 heterocycles. The van der Waals surface area contributed by atoms with Crippen LogP contribution in [0.2, 0.25) is 0 Å². The van der Waals surface area contributed by atoms with Gasteiger partial charge in [0.15, 0.2) is 0 Å². The summed E-state index contributed by atoms with van der Waals surface area (Å²) in [5.41, 5.74) is 1.61. The van der Waals surface area contributed by atoms with Crippen molar-refractivity contribution in [2.24, 2.45) is 0 Å². The molecule has 0 saturated carbocycles. The second kappa shape index (κ2) is 5.24. The number of hydrogen-bond acceptors (Lipinski definition) is 4. The number of anilines is 1. The molecule has 2 atom stereocenters. The predicted octanol–water partition coefficient (Wildman–Crippen LogP) is 2.38. The summed E-state index contributed by atoms with van der Waals surface area (Å²) < 4.78 is 0. The van der Waals surface area contributed by atoms with Crippen LogP contribution in [0, 0.1) is 0 Å². The van der Waals surface area contributed by atoms with Crippen molar-refractivity contribution in [2.75, 3.05) is 4.90 Å². The monoisotopic (exact) mass is 306 g/mol. The summed E-state index contributed by atoms with van der Waals surface area (Å²) in [6.07, 6.45) is 1.37. The first-order valence-electron chi connectivity index (χ1n) is 7.28. The molecule has 1 aliphatic heterocycles. The minimum atomic E-state index is -0.441. The molecular formula is C17H14N4O2. The van der Waals surface area contributed by atoms with Crippen molar-refractivity contribution in [3.63, 3.8) is 0 Å². The van der Waals surface area contributed by atoms with E-state index in [4.69, 9.17) is 0 Å². The first-order chi connectivity index (χ1) is 11.3. The molecular weight excluding hydrogens is 292 g/mol. The van der Waals surface area contributed by atoms with Gasteiger partial charge in [-0.05, 0) is 11.6 Å². The van der Waals surface area contributed by atoms with Gasteiger partial charge in [-0.15, -0.1) is 0 Å². The number of aromatic amines is 1. The standard InChI is InChI=1S/C17H14N4O2/c22-13-9-5-4-8-12(13)14-15(11-6-2-1-3-7-11)21(16(14)23)17-18-10-19-20-17/h1-10,14-15,22H,(H,18,19,20). The van der Waals surface area contributed by atoms with Crippen molar-refractivity contribution in [2.45, 2.75) is 12.0 Å². The van der Waals surface area contributed by atoms with Crippen LogP contribution in [0.3, 0.4) is 0 Å². The molecule has 23 heavy (non-hydrogen) atoms. The van der Waals surface area contributed by atoms with Gasteiger partial charge in [0.25, 0.3) is 0 Å². The fourth-order valence-corrected chi connectivity index (χ4v) is 3.09. The van der Waals surface area contributed by atoms with Crippen molar-refractivity contribution in [1.82, 2.24) is 15.2 Å². The zero-order valence-corrected chi connectivity index (χ0v) is 12.1. The van der Waals surface area contributed by atoms with Gasteiger partial charge >= 0.3 is 0 Å². The second-order valence-corrected chi connectivity index (χ2v) is 5.41. The van der Waals surface area contributed by atoms with E-state index in [1.165, 1.54) is 6.33 Å². The molecule has 2 aromatic carbocycles. The third kappa shape index (κ3) is 2.07. The smallest absolute Gasteiger partial charge is 0.240 e. The van der Waals surface area contributed by atoms with Crippen molar-refractivity contribution >= 4 is 11.9 Å². The molecule has 6 nitrogen and oxygen atoms in total. The maximum absolute atomic E-state index is 12.7. The fraction of sp³-hybridized carbons (Fsp3) is 0.118. The van der Waals surface area contributed by atoms with Crippen molar-refractivity contribution in [3.8, 4) is 5.75 Å². The molecule has 0 bridgehead atoms. The predicted molar refractivity (Wildman–Crippen MR) is 83.9 cm³/mol. The number of para-hydroxylation sites is 1. The van der Waals surface area contributed by atoms with E-state index in [0.717, 1.165) is 5.56 Å². The largest absolute Gasteiger partial charge is 0.508 e. The van der Waals surface area contributed by atoms with E-state index in [0.29, 0.717) is 11.5 Å². The summed E-state index contributed by atoms with van der Waals surface area (Å²) >= 11 is 0. The van der Waals surface area contributed by atoms with Gasteiger partial charge in [0.05, 0.1) is 12.0 Å². The van der Waals surface area contributed by atoms with Gasteiger partial charge in [0, 0.05) is 5.56 Å². The average molecular weight is 306 g/mol. The van der Waals surface area contributed by atoms with Crippen LogP contribution in [-0.2, 0) is 4.79 Å². The lowest BCUT2D eigenvalue weighted by Crippen LogP contribution is -2.54. The van der Waals surface area contributed by atoms with Crippen LogP contribution < -0.4 is 4.90 Å². The van der Waals surface area contributed by atoms with Crippen LogP contribution in [0.25, 0.3) is 0 Å². The van der Waals surface area contributed by atoms with E-state index in [1.54, 1.807) is 23.1 Å². The molecule has 1 amide bonds. The van der Waals surface area contributed by atoms with Crippen LogP contribution in [-0.4, -0.2) is 26.2 Å². The zero-order chi connectivity index (χ0) is 15.8. The summed E-state index contributed by atoms with van der Waals surface area (Å²) in [6, 6.07) is 16.4. The number of phenols is 1. The Morgan fingerprint density at radius 3 is 2.48 bits per heavy atom. The number of aromatic hydroxyl groups is 1. The highest BCUT2D eigenvalue weighted by Crippen LogP contribution is 2.49. The molecule has 6 heteroatoms. The van der Waals surface area contributed by atoms with Gasteiger partial charge in [0.2, 0.25) is 11.9 Å². The van der Waals surface area contributed by atoms with E-state index < -0.39 is 5.92 Å². The lowest BCUT2D eigenvalue weighted by molar-refractivity contribution is -0.126. The van der Waals surface area contributed by atoms with Crippen molar-refractivity contribution in [3.05, 3.63) is 72.1 Å². The summed E-state index contributed by atoms with van der Waals surface area (Å²) in [4.78, 5) is 18.4. The molecule has 1 saturated heterocycles. The van der Waals surface area contributed by atoms with Gasteiger partial charge in [-0.25, -0.2) is 5.10 Å². The minimum absolute atomic E-state index is 0.114. The van der Waals surface area contributed by atoms with Crippen LogP contribution in [0.5, 0.6) is 5.75 Å². The molecule has 2 N–H and O–H groups in total. The third-order valence-corrected chi connectivity index (χ3v) is 4.14. The van der Waals surface area contributed by atoms with E-state index in [-0.39, 0.29) is 17.7 Å². The minimum Gasteiger partial charge on any atom is -0.508 e. The Morgan fingerprint density at radius 1 is 1.04 bits per heavy atom. The molecule has 2 unspecified atom stereocenters. The zero-order valence-electron chi connectivity index (χ0n) is 12.1. The summed E-state index contributed by atoms with van der Waals surface area (Å²) in [5, 5.41) is 16.7. The van der Waals surface area contributed by atoms with Crippen LogP contribution in [0.4, 0.5) is 5.95 Å². The van der Waals surface area contributed by atoms with Gasteiger partial charge in [-0.1, -0.05) is 48.5 Å². The Bertz CT molecular complexity index is 833. The van der Waals surface area contributed by atoms with Gasteiger partial charge in [0.1, 0.15) is 12.1 Å². The summed E-state index contributed by atoms with van der Waals surface area (Å²) in [5.74, 6) is -0.0136. The lowest BCUT2D eigenvalue weighted by atomic mass is 9.77. The number of β-lactam (4-membered cyclic amide) rings is 1. The lowest BCUT2D eigenvalue weighted by Gasteiger charge is -2.46. The van der Waals surface area contributed by atoms with E-state index in [9.17, 15) is 9.90 Å². The van der Waals surface area contributed by atoms with E-state index in [1.807, 2.05) is 36.4 Å². The first kappa shape index (κ1) is 13.5. The number of nitrogens with zero attached hydrogens (tertiary/aromatic N) is 3. The molecule has 3 aromatic rings. The molecule has 0 spiro atoms. The summed E-state index contributed by atoms with van der Waals surface area (Å²) in [6.45, 7) is 0. The third-order valence-electron chi connectivity index (χ3n) is 4.14. The van der Waals surface area contributed by atoms with Gasteiger partial charge in [-0.3, -0.25) is 9.69 Å². The van der Waals surface area contributed by atoms with Crippen LogP contribution in [0.15, 0.2) is 60.9 Å². The fourth-order valence-electron chi connectivity index (χ4n) is 3.09. The topological polar surface area (TPSA) is 82.1 Å². The normalized spacial score (nSPS) is 20.3. The molecule has 1 fully saturated rings. The Kier molecular flexibility index (Phi) is 3.08. The van der Waals surface area contributed by atoms with E-state index in [2.05, 4.69) is 15.2 Å². The molecule has 0 radical (unpaired) electrons. The molecule has 1 aromatic heterocycles. The van der Waals surface area contributed by atoms with Crippen molar-refractivity contribution < 1.29 is 9.90 Å². The van der Waals surface area contributed by atoms with Gasteiger partial charge in [-0.2, -0.15) is 10.1 Å². The number of amides is 1. The molecule has 114 valence electrons. The van der Waals surface area contributed by atoms with E-state index >= 15 is 0 Å². The second-order valence-electron chi connectivity index (χ2n) is 5.41. The number of carbonyl (C=O) groups is 1. The molecule has 1 aliphatic rings. The Hall–Kier alpha value is -3.15. The quantitative estimate of drug-likeness (QED) is 0.728. The first-order valence-corrected chi connectivity index (χ1v) is 7.28. The summed E-state index contributed by atoms with van der Waals surface area (Å²) in [7, 11) is 0. The van der Waals surface area contributed by atoms with Crippen LogP contribution >= 0.6 is 0 Å². The number of hydrogen-bond donors (Lipinski definition) is 2.